The maximum absolute atomic E-state index is 12.4. The molecule has 0 atom stereocenters. The summed E-state index contributed by atoms with van der Waals surface area (Å²) in [7, 11) is 0. The second kappa shape index (κ2) is 9.90. The minimum atomic E-state index is 0.159. The number of ether oxygens (including phenoxy) is 1. The normalized spacial score (nSPS) is 24.4. The SMILES string of the molecule is O=C(NCC[NH+]1CCOCC1)C1CC[NH+](Cc2ccc(Cl)c(Cl)c2)CC1. The van der Waals surface area contributed by atoms with Crippen molar-refractivity contribution in [2.45, 2.75) is 19.4 Å². The monoisotopic (exact) mass is 401 g/mol. The predicted octanol–water partition coefficient (Wildman–Crippen LogP) is -0.180. The first-order valence-corrected chi connectivity index (χ1v) is 10.3. The summed E-state index contributed by atoms with van der Waals surface area (Å²) >= 11 is 12.1. The van der Waals surface area contributed by atoms with Crippen LogP contribution in [0.15, 0.2) is 18.2 Å². The van der Waals surface area contributed by atoms with Gasteiger partial charge in [0.05, 0.1) is 49.4 Å². The van der Waals surface area contributed by atoms with E-state index in [0.29, 0.717) is 10.0 Å². The Morgan fingerprint density at radius 1 is 1.08 bits per heavy atom. The Bertz CT molecular complexity index is 600. The molecule has 0 saturated carbocycles. The summed E-state index contributed by atoms with van der Waals surface area (Å²) in [5.74, 6) is 0.387. The third-order valence-corrected chi connectivity index (χ3v) is 6.22. The van der Waals surface area contributed by atoms with E-state index in [9.17, 15) is 4.79 Å². The van der Waals surface area contributed by atoms with Crippen LogP contribution in [0.4, 0.5) is 0 Å². The van der Waals surface area contributed by atoms with E-state index in [1.54, 1.807) is 0 Å². The van der Waals surface area contributed by atoms with Gasteiger partial charge in [-0.25, -0.2) is 0 Å². The summed E-state index contributed by atoms with van der Waals surface area (Å²) in [6, 6.07) is 5.84. The molecule has 0 radical (unpaired) electrons. The van der Waals surface area contributed by atoms with Crippen molar-refractivity contribution in [3.8, 4) is 0 Å². The molecule has 2 aliphatic rings. The molecule has 26 heavy (non-hydrogen) atoms. The molecule has 3 N–H and O–H groups in total. The molecule has 0 aliphatic carbocycles. The summed E-state index contributed by atoms with van der Waals surface area (Å²) in [4.78, 5) is 15.4. The summed E-state index contributed by atoms with van der Waals surface area (Å²) < 4.78 is 5.36. The lowest BCUT2D eigenvalue weighted by molar-refractivity contribution is -0.919. The zero-order valence-electron chi connectivity index (χ0n) is 15.2. The number of carbonyl (C=O) groups excluding carboxylic acids is 1. The number of piperidine rings is 1. The first-order valence-electron chi connectivity index (χ1n) is 9.58. The number of likely N-dealkylation sites (tertiary alicyclic amines) is 1. The van der Waals surface area contributed by atoms with E-state index in [4.69, 9.17) is 27.9 Å². The highest BCUT2D eigenvalue weighted by Gasteiger charge is 2.27. The first kappa shape index (κ1) is 19.9. The van der Waals surface area contributed by atoms with E-state index in [1.807, 2.05) is 18.2 Å². The molecule has 2 heterocycles. The van der Waals surface area contributed by atoms with Crippen LogP contribution >= 0.6 is 23.2 Å². The minimum Gasteiger partial charge on any atom is -0.370 e. The molecule has 2 fully saturated rings. The van der Waals surface area contributed by atoms with Crippen LogP contribution in [0.5, 0.6) is 0 Å². The molecule has 5 nitrogen and oxygen atoms in total. The topological polar surface area (TPSA) is 47.2 Å². The van der Waals surface area contributed by atoms with Gasteiger partial charge in [-0.3, -0.25) is 4.79 Å². The Labute approximate surface area is 165 Å². The van der Waals surface area contributed by atoms with Gasteiger partial charge in [-0.05, 0) is 12.1 Å². The van der Waals surface area contributed by atoms with Gasteiger partial charge >= 0.3 is 0 Å². The average molecular weight is 402 g/mol. The molecule has 1 aromatic rings. The Morgan fingerprint density at radius 2 is 1.81 bits per heavy atom. The van der Waals surface area contributed by atoms with Gasteiger partial charge in [0.1, 0.15) is 19.6 Å². The van der Waals surface area contributed by atoms with Crippen LogP contribution in [0.1, 0.15) is 18.4 Å². The number of nitrogens with one attached hydrogen (secondary N) is 3. The second-order valence-corrected chi connectivity index (χ2v) is 8.17. The highest BCUT2D eigenvalue weighted by Crippen LogP contribution is 2.22. The molecule has 144 valence electrons. The molecule has 3 rings (SSSR count). The van der Waals surface area contributed by atoms with Crippen molar-refractivity contribution in [3.63, 3.8) is 0 Å². The molecular formula is C19H29Cl2N3O2+2. The Balaban J connectivity index is 1.35. The molecular weight excluding hydrogens is 373 g/mol. The first-order chi connectivity index (χ1) is 12.6. The summed E-state index contributed by atoms with van der Waals surface area (Å²) in [6.45, 7) is 8.51. The fourth-order valence-electron chi connectivity index (χ4n) is 3.82. The Hall–Kier alpha value is -0.850. The van der Waals surface area contributed by atoms with E-state index < -0.39 is 0 Å². The van der Waals surface area contributed by atoms with Gasteiger partial charge in [-0.2, -0.15) is 0 Å². The van der Waals surface area contributed by atoms with Crippen LogP contribution in [0, 0.1) is 5.92 Å². The lowest BCUT2D eigenvalue weighted by atomic mass is 9.95. The Morgan fingerprint density at radius 3 is 2.50 bits per heavy atom. The zero-order chi connectivity index (χ0) is 18.4. The highest BCUT2D eigenvalue weighted by atomic mass is 35.5. The van der Waals surface area contributed by atoms with Gasteiger partial charge in [0.25, 0.3) is 0 Å². The van der Waals surface area contributed by atoms with E-state index >= 15 is 0 Å². The van der Waals surface area contributed by atoms with Gasteiger partial charge in [-0.1, -0.05) is 29.3 Å². The van der Waals surface area contributed by atoms with Crippen molar-refractivity contribution in [2.75, 3.05) is 52.5 Å². The van der Waals surface area contributed by atoms with Crippen molar-refractivity contribution in [3.05, 3.63) is 33.8 Å². The fraction of sp³-hybridized carbons (Fsp3) is 0.632. The molecule has 1 aromatic carbocycles. The van der Waals surface area contributed by atoms with Crippen LogP contribution in [-0.2, 0) is 16.1 Å². The maximum atomic E-state index is 12.4. The summed E-state index contributed by atoms with van der Waals surface area (Å²) in [5, 5.41) is 4.34. The smallest absolute Gasteiger partial charge is 0.223 e. The summed E-state index contributed by atoms with van der Waals surface area (Å²) in [6.07, 6.45) is 1.90. The predicted molar refractivity (Wildman–Crippen MR) is 103 cm³/mol. The minimum absolute atomic E-state index is 0.159. The van der Waals surface area contributed by atoms with E-state index in [0.717, 1.165) is 71.9 Å². The van der Waals surface area contributed by atoms with Crippen LogP contribution in [0.2, 0.25) is 10.0 Å². The Kier molecular flexibility index (Phi) is 7.58. The number of carbonyl (C=O) groups is 1. The number of amides is 1. The average Bonchev–Trinajstić information content (AvgIpc) is 2.66. The number of morpholine rings is 1. The molecule has 0 unspecified atom stereocenters. The van der Waals surface area contributed by atoms with Gasteiger partial charge < -0.3 is 19.9 Å². The van der Waals surface area contributed by atoms with Gasteiger partial charge in [0.15, 0.2) is 0 Å². The third kappa shape index (κ3) is 5.83. The van der Waals surface area contributed by atoms with E-state index in [-0.39, 0.29) is 11.8 Å². The number of benzene rings is 1. The van der Waals surface area contributed by atoms with Crippen LogP contribution in [0.3, 0.4) is 0 Å². The van der Waals surface area contributed by atoms with Crippen molar-refractivity contribution in [1.82, 2.24) is 5.32 Å². The van der Waals surface area contributed by atoms with Crippen molar-refractivity contribution < 1.29 is 19.3 Å². The fourth-order valence-corrected chi connectivity index (χ4v) is 4.14. The van der Waals surface area contributed by atoms with Gasteiger partial charge in [0.2, 0.25) is 5.91 Å². The van der Waals surface area contributed by atoms with E-state index in [1.165, 1.54) is 15.4 Å². The summed E-state index contributed by atoms with van der Waals surface area (Å²) in [5.41, 5.74) is 1.20. The molecule has 2 aliphatic heterocycles. The number of hydrogen-bond donors (Lipinski definition) is 3. The van der Waals surface area contributed by atoms with Gasteiger partial charge in [-0.15, -0.1) is 0 Å². The van der Waals surface area contributed by atoms with Gasteiger partial charge in [0, 0.05) is 24.3 Å². The highest BCUT2D eigenvalue weighted by molar-refractivity contribution is 6.42. The second-order valence-electron chi connectivity index (χ2n) is 7.35. The largest absolute Gasteiger partial charge is 0.370 e. The van der Waals surface area contributed by atoms with Crippen LogP contribution in [0.25, 0.3) is 0 Å². The third-order valence-electron chi connectivity index (χ3n) is 5.48. The van der Waals surface area contributed by atoms with E-state index in [2.05, 4.69) is 5.32 Å². The number of hydrogen-bond acceptors (Lipinski definition) is 2. The van der Waals surface area contributed by atoms with Crippen LogP contribution in [-0.4, -0.2) is 58.4 Å². The molecule has 0 bridgehead atoms. The standard InChI is InChI=1S/C19H27Cl2N3O2/c20-17-2-1-15(13-18(17)21)14-24-6-3-16(4-7-24)19(25)22-5-8-23-9-11-26-12-10-23/h1-2,13,16H,3-12,14H2,(H,22,25)/p+2. The lowest BCUT2D eigenvalue weighted by Gasteiger charge is -2.29. The lowest BCUT2D eigenvalue weighted by Crippen LogP contribution is -3.14. The number of halogens is 2. The van der Waals surface area contributed by atoms with Crippen molar-refractivity contribution >= 4 is 29.1 Å². The molecule has 2 saturated heterocycles. The maximum Gasteiger partial charge on any atom is 0.223 e. The number of quaternary nitrogens is 2. The molecule has 1 amide bonds. The quantitative estimate of drug-likeness (QED) is 0.619. The zero-order valence-corrected chi connectivity index (χ0v) is 16.7. The molecule has 7 heteroatoms. The van der Waals surface area contributed by atoms with Crippen molar-refractivity contribution in [1.29, 1.82) is 0 Å². The van der Waals surface area contributed by atoms with Crippen LogP contribution < -0.4 is 15.1 Å². The van der Waals surface area contributed by atoms with Crippen molar-refractivity contribution in [2.24, 2.45) is 5.92 Å². The number of rotatable bonds is 6. The molecule has 0 aromatic heterocycles. The molecule has 0 spiro atoms.